The zero-order chi connectivity index (χ0) is 12.3. The van der Waals surface area contributed by atoms with Gasteiger partial charge in [-0.2, -0.15) is 0 Å². The van der Waals surface area contributed by atoms with Gasteiger partial charge in [-0.15, -0.1) is 0 Å². The summed E-state index contributed by atoms with van der Waals surface area (Å²) in [5.41, 5.74) is 7.13. The van der Waals surface area contributed by atoms with Crippen LogP contribution in [0.5, 0.6) is 0 Å². The summed E-state index contributed by atoms with van der Waals surface area (Å²) < 4.78 is 22.6. The van der Waals surface area contributed by atoms with E-state index >= 15 is 0 Å². The van der Waals surface area contributed by atoms with Crippen molar-refractivity contribution < 1.29 is 8.42 Å². The molecule has 1 fully saturated rings. The number of benzene rings is 1. The number of sulfonamides is 1. The SMILES string of the molecule is NS(=O)(=O)CC(c1ccccc1)C1CCNN1. The standard InChI is InChI=1S/C11H17N3O2S/c12-17(15,16)8-10(11-6-7-13-14-11)9-4-2-1-3-5-9/h1-5,10-11,13-14H,6-8H2,(H2,12,15,16). The van der Waals surface area contributed by atoms with Gasteiger partial charge in [-0.1, -0.05) is 30.3 Å². The number of primary sulfonamides is 1. The fourth-order valence-electron chi connectivity index (χ4n) is 2.20. The van der Waals surface area contributed by atoms with Crippen LogP contribution in [0, 0.1) is 0 Å². The summed E-state index contributed by atoms with van der Waals surface area (Å²) >= 11 is 0. The molecule has 0 aromatic heterocycles. The first kappa shape index (κ1) is 12.5. The molecule has 1 aliphatic rings. The molecule has 1 saturated heterocycles. The van der Waals surface area contributed by atoms with Crippen molar-refractivity contribution in [2.75, 3.05) is 12.3 Å². The van der Waals surface area contributed by atoms with Crippen LogP contribution in [0.1, 0.15) is 17.9 Å². The Balaban J connectivity index is 2.23. The lowest BCUT2D eigenvalue weighted by molar-refractivity contribution is 0.483. The van der Waals surface area contributed by atoms with Gasteiger partial charge in [-0.3, -0.25) is 10.9 Å². The van der Waals surface area contributed by atoms with Gasteiger partial charge >= 0.3 is 0 Å². The highest BCUT2D eigenvalue weighted by atomic mass is 32.2. The van der Waals surface area contributed by atoms with Crippen molar-refractivity contribution in [2.45, 2.75) is 18.4 Å². The third kappa shape index (κ3) is 3.50. The summed E-state index contributed by atoms with van der Waals surface area (Å²) in [5.74, 6) is -0.141. The Morgan fingerprint density at radius 3 is 2.59 bits per heavy atom. The maximum absolute atomic E-state index is 11.3. The van der Waals surface area contributed by atoms with Crippen molar-refractivity contribution in [3.63, 3.8) is 0 Å². The molecule has 6 heteroatoms. The minimum atomic E-state index is -3.48. The van der Waals surface area contributed by atoms with Gasteiger partial charge in [0.1, 0.15) is 0 Å². The summed E-state index contributed by atoms with van der Waals surface area (Å²) in [7, 11) is -3.48. The fraction of sp³-hybridized carbons (Fsp3) is 0.455. The zero-order valence-electron chi connectivity index (χ0n) is 9.46. The van der Waals surface area contributed by atoms with Crippen molar-refractivity contribution in [3.8, 4) is 0 Å². The van der Waals surface area contributed by atoms with Crippen LogP contribution in [0.3, 0.4) is 0 Å². The Hall–Kier alpha value is -0.950. The third-order valence-corrected chi connectivity index (χ3v) is 3.82. The highest BCUT2D eigenvalue weighted by Gasteiger charge is 2.28. The van der Waals surface area contributed by atoms with E-state index in [0.717, 1.165) is 18.5 Å². The first-order valence-electron chi connectivity index (χ1n) is 5.60. The van der Waals surface area contributed by atoms with Crippen molar-refractivity contribution in [3.05, 3.63) is 35.9 Å². The van der Waals surface area contributed by atoms with Gasteiger partial charge in [0.05, 0.1) is 5.75 Å². The predicted octanol–water partition coefficient (Wildman–Crippen LogP) is -0.0748. The van der Waals surface area contributed by atoms with E-state index in [1.807, 2.05) is 30.3 Å². The maximum Gasteiger partial charge on any atom is 0.209 e. The van der Waals surface area contributed by atoms with Crippen molar-refractivity contribution in [1.29, 1.82) is 0 Å². The minimum absolute atomic E-state index is 0.0314. The van der Waals surface area contributed by atoms with Crippen LogP contribution in [0.25, 0.3) is 0 Å². The van der Waals surface area contributed by atoms with E-state index < -0.39 is 10.0 Å². The molecule has 0 radical (unpaired) electrons. The van der Waals surface area contributed by atoms with Gasteiger partial charge in [-0.25, -0.2) is 13.6 Å². The largest absolute Gasteiger partial charge is 0.258 e. The lowest BCUT2D eigenvalue weighted by Gasteiger charge is -2.22. The number of hydrogen-bond acceptors (Lipinski definition) is 4. The number of nitrogens with two attached hydrogens (primary N) is 1. The van der Waals surface area contributed by atoms with E-state index in [0.29, 0.717) is 0 Å². The second-order valence-corrected chi connectivity index (χ2v) is 5.97. The van der Waals surface area contributed by atoms with E-state index in [9.17, 15) is 8.42 Å². The van der Waals surface area contributed by atoms with Gasteiger partial charge < -0.3 is 0 Å². The molecule has 2 atom stereocenters. The van der Waals surface area contributed by atoms with Crippen LogP contribution in [0.15, 0.2) is 30.3 Å². The molecular formula is C11H17N3O2S. The first-order valence-corrected chi connectivity index (χ1v) is 7.31. The van der Waals surface area contributed by atoms with Gasteiger partial charge in [0.15, 0.2) is 0 Å². The van der Waals surface area contributed by atoms with Crippen molar-refractivity contribution in [2.24, 2.45) is 5.14 Å². The molecule has 1 heterocycles. The van der Waals surface area contributed by atoms with Crippen LogP contribution >= 0.6 is 0 Å². The lowest BCUT2D eigenvalue weighted by atomic mass is 9.92. The molecule has 0 aliphatic carbocycles. The molecule has 1 aromatic rings. The molecule has 1 aromatic carbocycles. The van der Waals surface area contributed by atoms with Crippen LogP contribution in [-0.2, 0) is 10.0 Å². The first-order chi connectivity index (χ1) is 8.06. The minimum Gasteiger partial charge on any atom is -0.258 e. The molecule has 1 aliphatic heterocycles. The van der Waals surface area contributed by atoms with Crippen molar-refractivity contribution in [1.82, 2.24) is 10.9 Å². The zero-order valence-corrected chi connectivity index (χ0v) is 10.3. The third-order valence-electron chi connectivity index (χ3n) is 2.99. The molecule has 5 nitrogen and oxygen atoms in total. The molecule has 94 valence electrons. The Morgan fingerprint density at radius 1 is 1.35 bits per heavy atom. The number of nitrogens with one attached hydrogen (secondary N) is 2. The van der Waals surface area contributed by atoms with Crippen LogP contribution in [0.2, 0.25) is 0 Å². The fourth-order valence-corrected chi connectivity index (χ4v) is 3.13. The van der Waals surface area contributed by atoms with Crippen LogP contribution in [0.4, 0.5) is 0 Å². The summed E-state index contributed by atoms with van der Waals surface area (Å²) in [6.07, 6.45) is 0.898. The maximum atomic E-state index is 11.3. The molecular weight excluding hydrogens is 238 g/mol. The lowest BCUT2D eigenvalue weighted by Crippen LogP contribution is -2.38. The Labute approximate surface area is 101 Å². The van der Waals surface area contributed by atoms with E-state index in [-0.39, 0.29) is 17.7 Å². The van der Waals surface area contributed by atoms with E-state index in [2.05, 4.69) is 10.9 Å². The molecule has 0 spiro atoms. The van der Waals surface area contributed by atoms with Crippen LogP contribution in [-0.4, -0.2) is 26.8 Å². The second-order valence-electron chi connectivity index (χ2n) is 4.31. The average molecular weight is 255 g/mol. The monoisotopic (exact) mass is 255 g/mol. The number of hydrazine groups is 1. The molecule has 0 saturated carbocycles. The van der Waals surface area contributed by atoms with Gasteiger partial charge in [0.2, 0.25) is 10.0 Å². The summed E-state index contributed by atoms with van der Waals surface area (Å²) in [4.78, 5) is 0. The molecule has 2 unspecified atom stereocenters. The number of hydrogen-bond donors (Lipinski definition) is 3. The van der Waals surface area contributed by atoms with Crippen LogP contribution < -0.4 is 16.0 Å². The Bertz CT molecular complexity index is 455. The summed E-state index contributed by atoms with van der Waals surface area (Å²) in [6.45, 7) is 0.846. The molecule has 0 amide bonds. The molecule has 0 bridgehead atoms. The second kappa shape index (κ2) is 5.14. The van der Waals surface area contributed by atoms with E-state index in [1.165, 1.54) is 0 Å². The highest BCUT2D eigenvalue weighted by Crippen LogP contribution is 2.24. The molecule has 4 N–H and O–H groups in total. The smallest absolute Gasteiger partial charge is 0.209 e. The Morgan fingerprint density at radius 2 is 2.06 bits per heavy atom. The topological polar surface area (TPSA) is 84.2 Å². The average Bonchev–Trinajstić information content (AvgIpc) is 2.79. The van der Waals surface area contributed by atoms with E-state index in [1.54, 1.807) is 0 Å². The summed E-state index contributed by atoms with van der Waals surface area (Å²) in [6, 6.07) is 9.72. The Kier molecular flexibility index (Phi) is 3.78. The molecule has 2 rings (SSSR count). The van der Waals surface area contributed by atoms with Crippen molar-refractivity contribution >= 4 is 10.0 Å². The summed E-state index contributed by atoms with van der Waals surface area (Å²) in [5, 5.41) is 5.17. The predicted molar refractivity (Wildman–Crippen MR) is 66.7 cm³/mol. The normalized spacial score (nSPS) is 22.5. The van der Waals surface area contributed by atoms with E-state index in [4.69, 9.17) is 5.14 Å². The van der Waals surface area contributed by atoms with Gasteiger partial charge in [0, 0.05) is 18.5 Å². The quantitative estimate of drug-likeness (QED) is 0.703. The molecule has 17 heavy (non-hydrogen) atoms. The highest BCUT2D eigenvalue weighted by molar-refractivity contribution is 7.89. The number of rotatable bonds is 4. The van der Waals surface area contributed by atoms with Gasteiger partial charge in [-0.05, 0) is 12.0 Å². The van der Waals surface area contributed by atoms with Gasteiger partial charge in [0.25, 0.3) is 0 Å².